The molecule has 1 amide bonds. The summed E-state index contributed by atoms with van der Waals surface area (Å²) in [6.45, 7) is 1.97. The summed E-state index contributed by atoms with van der Waals surface area (Å²) in [5.74, 6) is 0.886. The van der Waals surface area contributed by atoms with Crippen LogP contribution in [0.15, 0.2) is 29.2 Å². The van der Waals surface area contributed by atoms with Gasteiger partial charge in [0, 0.05) is 22.9 Å². The van der Waals surface area contributed by atoms with Crippen molar-refractivity contribution in [2.45, 2.75) is 30.8 Å². The number of aliphatic hydroxyl groups excluding tert-OH is 1. The maximum Gasteiger partial charge on any atom is 0.220 e. The highest BCUT2D eigenvalue weighted by Gasteiger charge is 2.03. The average molecular weight is 288 g/mol. The first-order valence-electron chi connectivity index (χ1n) is 5.91. The molecule has 100 valence electrons. The van der Waals surface area contributed by atoms with E-state index in [-0.39, 0.29) is 5.91 Å². The molecule has 18 heavy (non-hydrogen) atoms. The van der Waals surface area contributed by atoms with Crippen LogP contribution in [0.1, 0.15) is 19.8 Å². The summed E-state index contributed by atoms with van der Waals surface area (Å²) >= 11 is 7.50. The zero-order valence-corrected chi connectivity index (χ0v) is 11.9. The van der Waals surface area contributed by atoms with Gasteiger partial charge in [0.2, 0.25) is 5.91 Å². The third kappa shape index (κ3) is 6.89. The highest BCUT2D eigenvalue weighted by Crippen LogP contribution is 2.21. The maximum absolute atomic E-state index is 11.4. The van der Waals surface area contributed by atoms with Crippen molar-refractivity contribution in [3.05, 3.63) is 29.3 Å². The predicted octanol–water partition coefficient (Wildman–Crippen LogP) is 2.71. The molecule has 0 aliphatic rings. The van der Waals surface area contributed by atoms with Crippen LogP contribution in [0, 0.1) is 0 Å². The van der Waals surface area contributed by atoms with Gasteiger partial charge in [-0.05, 0) is 43.4 Å². The van der Waals surface area contributed by atoms with Gasteiger partial charge in [0.25, 0.3) is 0 Å². The molecule has 0 radical (unpaired) electrons. The van der Waals surface area contributed by atoms with Gasteiger partial charge in [0.1, 0.15) is 0 Å². The highest BCUT2D eigenvalue weighted by atomic mass is 35.5. The molecule has 0 bridgehead atoms. The number of thioether (sulfide) groups is 1. The van der Waals surface area contributed by atoms with Crippen LogP contribution in [0.25, 0.3) is 0 Å². The van der Waals surface area contributed by atoms with Crippen LogP contribution < -0.4 is 5.32 Å². The van der Waals surface area contributed by atoms with Gasteiger partial charge in [-0.25, -0.2) is 0 Å². The number of hydrogen-bond donors (Lipinski definition) is 2. The first-order valence-corrected chi connectivity index (χ1v) is 7.27. The van der Waals surface area contributed by atoms with Gasteiger partial charge in [-0.15, -0.1) is 11.8 Å². The third-order valence-electron chi connectivity index (χ3n) is 2.23. The SMILES string of the molecule is C[C@@H](O)CNC(=O)CCCSc1ccc(Cl)cc1. The molecule has 0 saturated carbocycles. The number of carbonyl (C=O) groups excluding carboxylic acids is 1. The summed E-state index contributed by atoms with van der Waals surface area (Å²) in [5.41, 5.74) is 0. The smallest absolute Gasteiger partial charge is 0.220 e. The van der Waals surface area contributed by atoms with Crippen molar-refractivity contribution in [3.8, 4) is 0 Å². The molecule has 0 aromatic heterocycles. The van der Waals surface area contributed by atoms with E-state index in [4.69, 9.17) is 16.7 Å². The van der Waals surface area contributed by atoms with Gasteiger partial charge in [-0.3, -0.25) is 4.79 Å². The van der Waals surface area contributed by atoms with Gasteiger partial charge >= 0.3 is 0 Å². The Bertz CT molecular complexity index is 368. The van der Waals surface area contributed by atoms with Crippen molar-refractivity contribution in [1.82, 2.24) is 5.32 Å². The molecule has 0 fully saturated rings. The second kappa shape index (κ2) is 8.40. The fourth-order valence-electron chi connectivity index (χ4n) is 1.30. The minimum Gasteiger partial charge on any atom is -0.392 e. The summed E-state index contributed by atoms with van der Waals surface area (Å²) in [4.78, 5) is 12.5. The van der Waals surface area contributed by atoms with Gasteiger partial charge < -0.3 is 10.4 Å². The van der Waals surface area contributed by atoms with E-state index in [0.29, 0.717) is 13.0 Å². The van der Waals surface area contributed by atoms with E-state index in [2.05, 4.69) is 5.32 Å². The van der Waals surface area contributed by atoms with Crippen molar-refractivity contribution in [2.75, 3.05) is 12.3 Å². The molecule has 0 aliphatic heterocycles. The Labute approximate surface area is 117 Å². The largest absolute Gasteiger partial charge is 0.392 e. The lowest BCUT2D eigenvalue weighted by Crippen LogP contribution is -2.30. The van der Waals surface area contributed by atoms with Gasteiger partial charge in [-0.2, -0.15) is 0 Å². The number of carbonyl (C=O) groups is 1. The van der Waals surface area contributed by atoms with Crippen LogP contribution in [-0.4, -0.2) is 29.4 Å². The van der Waals surface area contributed by atoms with Crippen LogP contribution in [-0.2, 0) is 4.79 Å². The normalized spacial score (nSPS) is 12.2. The lowest BCUT2D eigenvalue weighted by atomic mass is 10.3. The first-order chi connectivity index (χ1) is 8.58. The fraction of sp³-hybridized carbons (Fsp3) is 0.462. The Morgan fingerprint density at radius 1 is 1.44 bits per heavy atom. The quantitative estimate of drug-likeness (QED) is 0.599. The molecule has 0 unspecified atom stereocenters. The Hall–Kier alpha value is -0.710. The number of rotatable bonds is 7. The molecule has 0 saturated heterocycles. The van der Waals surface area contributed by atoms with Gasteiger partial charge in [0.15, 0.2) is 0 Å². The second-order valence-electron chi connectivity index (χ2n) is 4.06. The molecule has 1 atom stereocenters. The van der Waals surface area contributed by atoms with Crippen molar-refractivity contribution in [3.63, 3.8) is 0 Å². The van der Waals surface area contributed by atoms with Gasteiger partial charge in [0.05, 0.1) is 6.10 Å². The van der Waals surface area contributed by atoms with Crippen LogP contribution in [0.3, 0.4) is 0 Å². The van der Waals surface area contributed by atoms with Crippen LogP contribution in [0.5, 0.6) is 0 Å². The highest BCUT2D eigenvalue weighted by molar-refractivity contribution is 7.99. The van der Waals surface area contributed by atoms with E-state index in [1.165, 1.54) is 0 Å². The van der Waals surface area contributed by atoms with Crippen LogP contribution in [0.4, 0.5) is 0 Å². The molecule has 0 spiro atoms. The Morgan fingerprint density at radius 3 is 2.72 bits per heavy atom. The molecule has 1 aromatic rings. The molecule has 3 nitrogen and oxygen atoms in total. The number of benzene rings is 1. The van der Waals surface area contributed by atoms with Crippen molar-refractivity contribution in [1.29, 1.82) is 0 Å². The van der Waals surface area contributed by atoms with E-state index in [0.717, 1.165) is 22.1 Å². The number of nitrogens with one attached hydrogen (secondary N) is 1. The maximum atomic E-state index is 11.4. The van der Waals surface area contributed by atoms with E-state index in [1.54, 1.807) is 18.7 Å². The van der Waals surface area contributed by atoms with E-state index >= 15 is 0 Å². The fourth-order valence-corrected chi connectivity index (χ4v) is 2.28. The summed E-state index contributed by atoms with van der Waals surface area (Å²) in [6, 6.07) is 7.67. The Kier molecular flexibility index (Phi) is 7.16. The second-order valence-corrected chi connectivity index (χ2v) is 5.66. The first kappa shape index (κ1) is 15.3. The summed E-state index contributed by atoms with van der Waals surface area (Å²) in [7, 11) is 0. The monoisotopic (exact) mass is 287 g/mol. The Balaban J connectivity index is 2.11. The average Bonchev–Trinajstić information content (AvgIpc) is 2.34. The standard InChI is InChI=1S/C13H18ClNO2S/c1-10(16)9-15-13(17)3-2-8-18-12-6-4-11(14)5-7-12/h4-7,10,16H,2-3,8-9H2,1H3,(H,15,17)/t10-/m1/s1. The van der Waals surface area contributed by atoms with E-state index in [1.807, 2.05) is 24.3 Å². The zero-order valence-electron chi connectivity index (χ0n) is 10.4. The van der Waals surface area contributed by atoms with Crippen molar-refractivity contribution < 1.29 is 9.90 Å². The Morgan fingerprint density at radius 2 is 2.11 bits per heavy atom. The molecular formula is C13H18ClNO2S. The zero-order chi connectivity index (χ0) is 13.4. The third-order valence-corrected chi connectivity index (χ3v) is 3.58. The summed E-state index contributed by atoms with van der Waals surface area (Å²) in [5, 5.41) is 12.4. The predicted molar refractivity (Wildman–Crippen MR) is 76.1 cm³/mol. The van der Waals surface area contributed by atoms with Crippen LogP contribution in [0.2, 0.25) is 5.02 Å². The molecule has 0 heterocycles. The number of halogens is 1. The molecular weight excluding hydrogens is 270 g/mol. The summed E-state index contributed by atoms with van der Waals surface area (Å²) < 4.78 is 0. The number of aliphatic hydroxyl groups is 1. The molecule has 2 N–H and O–H groups in total. The number of amides is 1. The molecule has 0 aliphatic carbocycles. The molecule has 1 rings (SSSR count). The van der Waals surface area contributed by atoms with Gasteiger partial charge in [-0.1, -0.05) is 11.6 Å². The molecule has 1 aromatic carbocycles. The van der Waals surface area contributed by atoms with E-state index in [9.17, 15) is 4.79 Å². The minimum atomic E-state index is -0.489. The lowest BCUT2D eigenvalue weighted by Gasteiger charge is -2.06. The topological polar surface area (TPSA) is 49.3 Å². The van der Waals surface area contributed by atoms with Crippen molar-refractivity contribution >= 4 is 29.3 Å². The van der Waals surface area contributed by atoms with Crippen LogP contribution >= 0.6 is 23.4 Å². The lowest BCUT2D eigenvalue weighted by molar-refractivity contribution is -0.121. The summed E-state index contributed by atoms with van der Waals surface area (Å²) in [6.07, 6.45) is 0.823. The van der Waals surface area contributed by atoms with E-state index < -0.39 is 6.10 Å². The van der Waals surface area contributed by atoms with Crippen molar-refractivity contribution in [2.24, 2.45) is 0 Å². The molecule has 5 heteroatoms. The number of hydrogen-bond acceptors (Lipinski definition) is 3. The minimum absolute atomic E-state index is 0.00685.